The Hall–Kier alpha value is -1.46. The van der Waals surface area contributed by atoms with Crippen LogP contribution < -0.4 is 4.90 Å². The predicted octanol–water partition coefficient (Wildman–Crippen LogP) is 3.18. The van der Waals surface area contributed by atoms with Gasteiger partial charge in [0.05, 0.1) is 23.2 Å². The van der Waals surface area contributed by atoms with E-state index in [2.05, 4.69) is 23.1 Å². The molecule has 5 heteroatoms. The number of anilines is 1. The summed E-state index contributed by atoms with van der Waals surface area (Å²) in [4.78, 5) is 15.8. The van der Waals surface area contributed by atoms with Crippen molar-refractivity contribution in [1.29, 1.82) is 0 Å². The Morgan fingerprint density at radius 1 is 1.38 bits per heavy atom. The summed E-state index contributed by atoms with van der Waals surface area (Å²) in [7, 11) is 1.60. The van der Waals surface area contributed by atoms with Crippen molar-refractivity contribution in [1.82, 2.24) is 0 Å². The van der Waals surface area contributed by atoms with E-state index in [-0.39, 0.29) is 5.97 Å². The van der Waals surface area contributed by atoms with E-state index < -0.39 is 0 Å². The fourth-order valence-electron chi connectivity index (χ4n) is 2.84. The average Bonchev–Trinajstić information content (AvgIpc) is 2.87. The van der Waals surface area contributed by atoms with Gasteiger partial charge in [0.1, 0.15) is 6.61 Å². The molecule has 0 spiro atoms. The summed E-state index contributed by atoms with van der Waals surface area (Å²) in [6.07, 6.45) is 1.74. The lowest BCUT2D eigenvalue weighted by atomic mass is 10.0. The predicted molar refractivity (Wildman–Crippen MR) is 83.3 cm³/mol. The average molecular weight is 305 g/mol. The second-order valence-corrected chi connectivity index (χ2v) is 6.36. The summed E-state index contributed by atoms with van der Waals surface area (Å²) in [5.41, 5.74) is 3.01. The van der Waals surface area contributed by atoms with Crippen LogP contribution in [0.4, 0.5) is 5.69 Å². The lowest BCUT2D eigenvalue weighted by molar-refractivity contribution is -0.140. The zero-order valence-electron chi connectivity index (χ0n) is 12.3. The van der Waals surface area contributed by atoms with Crippen molar-refractivity contribution in [2.24, 2.45) is 0 Å². The van der Waals surface area contributed by atoms with Gasteiger partial charge >= 0.3 is 5.97 Å². The van der Waals surface area contributed by atoms with Gasteiger partial charge in [-0.2, -0.15) is 0 Å². The van der Waals surface area contributed by atoms with Crippen molar-refractivity contribution in [2.45, 2.75) is 30.0 Å². The second-order valence-electron chi connectivity index (χ2n) is 5.14. The molecule has 21 heavy (non-hydrogen) atoms. The third-order valence-corrected chi connectivity index (χ3v) is 5.20. The van der Waals surface area contributed by atoms with Gasteiger partial charge in [-0.1, -0.05) is 23.9 Å². The number of allylic oxidation sites excluding steroid dienone is 1. The number of methoxy groups -OCH3 is 1. The van der Waals surface area contributed by atoms with Crippen LogP contribution in [0.3, 0.4) is 0 Å². The molecule has 0 aliphatic carbocycles. The van der Waals surface area contributed by atoms with Crippen molar-refractivity contribution in [3.8, 4) is 0 Å². The lowest BCUT2D eigenvalue weighted by Gasteiger charge is -2.33. The molecule has 1 unspecified atom stereocenters. The van der Waals surface area contributed by atoms with Crippen LogP contribution in [0.2, 0.25) is 0 Å². The standard InChI is InChI=1S/C16H19NO3S/c1-11-12(16(18)20-10-9-19-2)7-8-15-17(11)13-5-3-4-6-14(13)21-15/h3-6,15H,7-10H2,1-2H3. The van der Waals surface area contributed by atoms with E-state index in [0.717, 1.165) is 24.1 Å². The molecule has 0 bridgehead atoms. The van der Waals surface area contributed by atoms with Crippen LogP contribution >= 0.6 is 11.8 Å². The second kappa shape index (κ2) is 6.12. The molecule has 2 aliphatic heterocycles. The van der Waals surface area contributed by atoms with Gasteiger partial charge in [0.25, 0.3) is 0 Å². The number of esters is 1. The van der Waals surface area contributed by atoms with E-state index in [1.807, 2.05) is 24.8 Å². The monoisotopic (exact) mass is 305 g/mol. The van der Waals surface area contributed by atoms with E-state index in [4.69, 9.17) is 9.47 Å². The van der Waals surface area contributed by atoms with Crippen LogP contribution in [-0.2, 0) is 14.3 Å². The third-order valence-electron chi connectivity index (χ3n) is 3.88. The normalized spacial score (nSPS) is 20.3. The molecule has 1 aromatic rings. The Bertz CT molecular complexity index is 585. The quantitative estimate of drug-likeness (QED) is 0.631. The number of thioether (sulfide) groups is 1. The Balaban J connectivity index is 1.83. The third kappa shape index (κ3) is 2.68. The van der Waals surface area contributed by atoms with Crippen molar-refractivity contribution in [3.63, 3.8) is 0 Å². The molecule has 1 atom stereocenters. The van der Waals surface area contributed by atoms with E-state index in [1.165, 1.54) is 10.6 Å². The van der Waals surface area contributed by atoms with E-state index in [0.29, 0.717) is 18.6 Å². The van der Waals surface area contributed by atoms with E-state index in [1.54, 1.807) is 7.11 Å². The summed E-state index contributed by atoms with van der Waals surface area (Å²) < 4.78 is 10.2. The summed E-state index contributed by atoms with van der Waals surface area (Å²) in [6, 6.07) is 8.36. The summed E-state index contributed by atoms with van der Waals surface area (Å²) in [6.45, 7) is 2.76. The van der Waals surface area contributed by atoms with Crippen LogP contribution in [0, 0.1) is 0 Å². The topological polar surface area (TPSA) is 38.8 Å². The van der Waals surface area contributed by atoms with Crippen molar-refractivity contribution < 1.29 is 14.3 Å². The van der Waals surface area contributed by atoms with E-state index in [9.17, 15) is 4.79 Å². The lowest BCUT2D eigenvalue weighted by Crippen LogP contribution is -2.34. The molecule has 2 heterocycles. The molecular weight excluding hydrogens is 286 g/mol. The first-order chi connectivity index (χ1) is 10.2. The first kappa shape index (κ1) is 14.5. The minimum Gasteiger partial charge on any atom is -0.460 e. The number of ether oxygens (including phenoxy) is 2. The maximum absolute atomic E-state index is 12.2. The fraction of sp³-hybridized carbons (Fsp3) is 0.438. The van der Waals surface area contributed by atoms with E-state index >= 15 is 0 Å². The zero-order chi connectivity index (χ0) is 14.8. The summed E-state index contributed by atoms with van der Waals surface area (Å²) in [5, 5.41) is 0.401. The molecule has 0 saturated carbocycles. The maximum atomic E-state index is 12.2. The van der Waals surface area contributed by atoms with Gasteiger partial charge in [-0.05, 0) is 31.9 Å². The van der Waals surface area contributed by atoms with Crippen molar-refractivity contribution >= 4 is 23.4 Å². The number of hydrogen-bond donors (Lipinski definition) is 0. The molecule has 1 aromatic carbocycles. The number of fused-ring (bicyclic) bond motifs is 3. The molecule has 0 N–H and O–H groups in total. The van der Waals surface area contributed by atoms with Crippen LogP contribution in [-0.4, -0.2) is 31.7 Å². The highest BCUT2D eigenvalue weighted by Gasteiger charge is 2.36. The number of benzene rings is 1. The molecule has 0 radical (unpaired) electrons. The number of carbonyl (C=O) groups is 1. The van der Waals surface area contributed by atoms with Gasteiger partial charge in [0, 0.05) is 17.7 Å². The highest BCUT2D eigenvalue weighted by molar-refractivity contribution is 8.00. The molecule has 0 aromatic heterocycles. The van der Waals surface area contributed by atoms with Gasteiger partial charge in [-0.25, -0.2) is 4.79 Å². The van der Waals surface area contributed by atoms with Crippen LogP contribution in [0.15, 0.2) is 40.4 Å². The molecule has 0 fully saturated rings. The molecule has 4 nitrogen and oxygen atoms in total. The molecular formula is C16H19NO3S. The van der Waals surface area contributed by atoms with Crippen LogP contribution in [0.5, 0.6) is 0 Å². The van der Waals surface area contributed by atoms with Gasteiger partial charge in [-0.15, -0.1) is 0 Å². The van der Waals surface area contributed by atoms with Gasteiger partial charge < -0.3 is 14.4 Å². The number of rotatable bonds is 4. The van der Waals surface area contributed by atoms with Crippen LogP contribution in [0.1, 0.15) is 19.8 Å². The number of para-hydroxylation sites is 1. The Morgan fingerprint density at radius 2 is 2.19 bits per heavy atom. The van der Waals surface area contributed by atoms with Gasteiger partial charge in [-0.3, -0.25) is 0 Å². The largest absolute Gasteiger partial charge is 0.460 e. The first-order valence-electron chi connectivity index (χ1n) is 7.13. The first-order valence-corrected chi connectivity index (χ1v) is 8.01. The number of hydrogen-bond acceptors (Lipinski definition) is 5. The van der Waals surface area contributed by atoms with Crippen LogP contribution in [0.25, 0.3) is 0 Å². The Labute approximate surface area is 129 Å². The number of nitrogens with zero attached hydrogens (tertiary/aromatic N) is 1. The molecule has 2 aliphatic rings. The fourth-order valence-corrected chi connectivity index (χ4v) is 4.19. The molecule has 0 amide bonds. The molecule has 0 saturated heterocycles. The van der Waals surface area contributed by atoms with Crippen molar-refractivity contribution in [3.05, 3.63) is 35.5 Å². The molecule has 112 valence electrons. The zero-order valence-corrected chi connectivity index (χ0v) is 13.1. The van der Waals surface area contributed by atoms with Crippen molar-refractivity contribution in [2.75, 3.05) is 25.2 Å². The minimum atomic E-state index is -0.211. The Morgan fingerprint density at radius 3 is 3.00 bits per heavy atom. The minimum absolute atomic E-state index is 0.211. The molecule has 3 rings (SSSR count). The highest BCUT2D eigenvalue weighted by atomic mass is 32.2. The summed E-state index contributed by atoms with van der Waals surface area (Å²) >= 11 is 1.88. The Kier molecular flexibility index (Phi) is 4.22. The smallest absolute Gasteiger partial charge is 0.335 e. The number of carbonyl (C=O) groups excluding carboxylic acids is 1. The summed E-state index contributed by atoms with van der Waals surface area (Å²) in [5.74, 6) is -0.211. The maximum Gasteiger partial charge on any atom is 0.335 e. The van der Waals surface area contributed by atoms with Gasteiger partial charge in [0.2, 0.25) is 0 Å². The SMILES string of the molecule is COCCOC(=O)C1=C(C)N2c3ccccc3SC2CC1. The van der Waals surface area contributed by atoms with Gasteiger partial charge in [0.15, 0.2) is 0 Å². The highest BCUT2D eigenvalue weighted by Crippen LogP contribution is 2.49.